The number of nitrogens with one attached hydrogen (secondary N) is 1. The van der Waals surface area contributed by atoms with Crippen LogP contribution in [-0.4, -0.2) is 38.6 Å². The van der Waals surface area contributed by atoms with Gasteiger partial charge in [-0.2, -0.15) is 0 Å². The van der Waals surface area contributed by atoms with Crippen LogP contribution in [0.2, 0.25) is 5.02 Å². The summed E-state index contributed by atoms with van der Waals surface area (Å²) in [5.41, 5.74) is 0.770. The van der Waals surface area contributed by atoms with Crippen LogP contribution in [0, 0.1) is 5.92 Å². The number of ether oxygens (including phenoxy) is 1. The Morgan fingerprint density at radius 1 is 1.45 bits per heavy atom. The van der Waals surface area contributed by atoms with Gasteiger partial charge in [-0.3, -0.25) is 9.59 Å². The highest BCUT2D eigenvalue weighted by Crippen LogP contribution is 2.26. The summed E-state index contributed by atoms with van der Waals surface area (Å²) < 4.78 is 4.87. The molecule has 20 heavy (non-hydrogen) atoms. The fourth-order valence-electron chi connectivity index (χ4n) is 2.17. The van der Waals surface area contributed by atoms with Crippen molar-refractivity contribution in [1.29, 1.82) is 0 Å². The zero-order chi connectivity index (χ0) is 14.5. The lowest BCUT2D eigenvalue weighted by molar-refractivity contribution is -0.126. The number of methoxy groups -OCH3 is 1. The lowest BCUT2D eigenvalue weighted by atomic mass is 10.1. The van der Waals surface area contributed by atoms with E-state index in [0.29, 0.717) is 24.7 Å². The molecule has 0 aliphatic carbocycles. The average molecular weight is 297 g/mol. The molecule has 2 amide bonds. The van der Waals surface area contributed by atoms with Crippen LogP contribution in [0.15, 0.2) is 24.3 Å². The van der Waals surface area contributed by atoms with E-state index in [2.05, 4.69) is 5.32 Å². The lowest BCUT2D eigenvalue weighted by Crippen LogP contribution is -2.34. The summed E-state index contributed by atoms with van der Waals surface area (Å²) >= 11 is 5.83. The van der Waals surface area contributed by atoms with Crippen molar-refractivity contribution < 1.29 is 14.3 Å². The Balaban J connectivity index is 1.96. The Morgan fingerprint density at radius 3 is 2.80 bits per heavy atom. The molecular weight excluding hydrogens is 280 g/mol. The second kappa shape index (κ2) is 6.72. The highest BCUT2D eigenvalue weighted by atomic mass is 35.5. The number of hydrogen-bond acceptors (Lipinski definition) is 3. The highest BCUT2D eigenvalue weighted by molar-refractivity contribution is 6.30. The number of carbonyl (C=O) groups is 2. The molecule has 1 N–H and O–H groups in total. The number of rotatable bonds is 5. The molecule has 0 radical (unpaired) electrons. The van der Waals surface area contributed by atoms with Gasteiger partial charge in [0.15, 0.2) is 0 Å². The van der Waals surface area contributed by atoms with Gasteiger partial charge in [-0.1, -0.05) is 11.6 Å². The molecular formula is C14H17ClN2O3. The smallest absolute Gasteiger partial charge is 0.227 e. The number of carbonyl (C=O) groups excluding carboxylic acids is 2. The first-order valence-electron chi connectivity index (χ1n) is 6.44. The Hall–Kier alpha value is -1.59. The van der Waals surface area contributed by atoms with Crippen molar-refractivity contribution in [3.8, 4) is 0 Å². The van der Waals surface area contributed by atoms with Crippen molar-refractivity contribution in [2.24, 2.45) is 5.92 Å². The predicted octanol–water partition coefficient (Wildman–Crippen LogP) is 1.46. The van der Waals surface area contributed by atoms with E-state index in [1.165, 1.54) is 0 Å². The van der Waals surface area contributed by atoms with Crippen LogP contribution in [-0.2, 0) is 14.3 Å². The van der Waals surface area contributed by atoms with E-state index in [1.807, 2.05) is 0 Å². The normalized spacial score (nSPS) is 18.4. The minimum atomic E-state index is -0.310. The van der Waals surface area contributed by atoms with Crippen molar-refractivity contribution in [3.05, 3.63) is 29.3 Å². The third kappa shape index (κ3) is 3.49. The SMILES string of the molecule is COCCNC(=O)[C@H]1CC(=O)N(c2ccc(Cl)cc2)C1. The van der Waals surface area contributed by atoms with Gasteiger partial charge in [-0.25, -0.2) is 0 Å². The first-order valence-corrected chi connectivity index (χ1v) is 6.82. The average Bonchev–Trinajstić information content (AvgIpc) is 2.82. The highest BCUT2D eigenvalue weighted by Gasteiger charge is 2.34. The van der Waals surface area contributed by atoms with Crippen molar-refractivity contribution >= 4 is 29.1 Å². The predicted molar refractivity (Wildman–Crippen MR) is 76.8 cm³/mol. The minimum Gasteiger partial charge on any atom is -0.383 e. The van der Waals surface area contributed by atoms with E-state index in [1.54, 1.807) is 36.3 Å². The van der Waals surface area contributed by atoms with E-state index in [4.69, 9.17) is 16.3 Å². The Labute approximate surface area is 122 Å². The van der Waals surface area contributed by atoms with Crippen molar-refractivity contribution in [3.63, 3.8) is 0 Å². The maximum Gasteiger partial charge on any atom is 0.227 e. The number of halogens is 1. The Bertz CT molecular complexity index is 490. The van der Waals surface area contributed by atoms with Crippen molar-refractivity contribution in [1.82, 2.24) is 5.32 Å². The summed E-state index contributed by atoms with van der Waals surface area (Å²) in [4.78, 5) is 25.5. The molecule has 1 saturated heterocycles. The molecule has 0 spiro atoms. The monoisotopic (exact) mass is 296 g/mol. The summed E-state index contributed by atoms with van der Waals surface area (Å²) in [7, 11) is 1.58. The van der Waals surface area contributed by atoms with E-state index in [0.717, 1.165) is 5.69 Å². The number of nitrogens with zero attached hydrogens (tertiary/aromatic N) is 1. The first kappa shape index (κ1) is 14.8. The molecule has 0 bridgehead atoms. The molecule has 1 aliphatic rings. The molecule has 1 fully saturated rings. The van der Waals surface area contributed by atoms with Crippen LogP contribution >= 0.6 is 11.6 Å². The van der Waals surface area contributed by atoms with E-state index >= 15 is 0 Å². The molecule has 1 heterocycles. The number of anilines is 1. The summed E-state index contributed by atoms with van der Waals surface area (Å²) in [6.45, 7) is 1.33. The minimum absolute atomic E-state index is 0.0424. The van der Waals surface area contributed by atoms with Gasteiger partial charge < -0.3 is 15.0 Å². The number of benzene rings is 1. The fourth-order valence-corrected chi connectivity index (χ4v) is 2.30. The molecule has 2 rings (SSSR count). The van der Waals surface area contributed by atoms with Crippen LogP contribution in [0.3, 0.4) is 0 Å². The van der Waals surface area contributed by atoms with Crippen LogP contribution in [0.25, 0.3) is 0 Å². The second-order valence-electron chi connectivity index (χ2n) is 4.67. The third-order valence-corrected chi connectivity index (χ3v) is 3.49. The zero-order valence-electron chi connectivity index (χ0n) is 11.3. The Morgan fingerprint density at radius 2 is 2.15 bits per heavy atom. The van der Waals surface area contributed by atoms with Crippen molar-refractivity contribution in [2.45, 2.75) is 6.42 Å². The van der Waals surface area contributed by atoms with Gasteiger partial charge in [0.2, 0.25) is 11.8 Å². The lowest BCUT2D eigenvalue weighted by Gasteiger charge is -2.16. The molecule has 6 heteroatoms. The van der Waals surface area contributed by atoms with Crippen LogP contribution in [0.1, 0.15) is 6.42 Å². The largest absolute Gasteiger partial charge is 0.383 e. The molecule has 0 aromatic heterocycles. The van der Waals surface area contributed by atoms with Crippen LogP contribution in [0.4, 0.5) is 5.69 Å². The van der Waals surface area contributed by atoms with Crippen LogP contribution in [0.5, 0.6) is 0 Å². The second-order valence-corrected chi connectivity index (χ2v) is 5.10. The number of amides is 2. The summed E-state index contributed by atoms with van der Waals surface area (Å²) in [5.74, 6) is -0.457. The fraction of sp³-hybridized carbons (Fsp3) is 0.429. The van der Waals surface area contributed by atoms with Crippen molar-refractivity contribution in [2.75, 3.05) is 31.7 Å². The standard InChI is InChI=1S/C14H17ClN2O3/c1-20-7-6-16-14(19)10-8-13(18)17(9-10)12-4-2-11(15)3-5-12/h2-5,10H,6-9H2,1H3,(H,16,19)/t10-/m0/s1. The van der Waals surface area contributed by atoms with Gasteiger partial charge in [-0.05, 0) is 24.3 Å². The molecule has 0 saturated carbocycles. The van der Waals surface area contributed by atoms with E-state index in [9.17, 15) is 9.59 Å². The summed E-state index contributed by atoms with van der Waals surface area (Å²) in [5, 5.41) is 3.38. The number of hydrogen-bond donors (Lipinski definition) is 1. The summed E-state index contributed by atoms with van der Waals surface area (Å²) in [6, 6.07) is 7.03. The van der Waals surface area contributed by atoms with E-state index in [-0.39, 0.29) is 24.2 Å². The van der Waals surface area contributed by atoms with Gasteiger partial charge in [0.25, 0.3) is 0 Å². The Kier molecular flexibility index (Phi) is 4.98. The van der Waals surface area contributed by atoms with Gasteiger partial charge in [0.05, 0.1) is 12.5 Å². The molecule has 1 aromatic rings. The molecule has 1 aromatic carbocycles. The molecule has 1 aliphatic heterocycles. The molecule has 5 nitrogen and oxygen atoms in total. The molecule has 108 valence electrons. The van der Waals surface area contributed by atoms with Gasteiger partial charge in [0, 0.05) is 37.3 Å². The summed E-state index contributed by atoms with van der Waals surface area (Å²) in [6.07, 6.45) is 0.238. The van der Waals surface area contributed by atoms with Gasteiger partial charge >= 0.3 is 0 Å². The molecule has 1 atom stereocenters. The van der Waals surface area contributed by atoms with Crippen LogP contribution < -0.4 is 10.2 Å². The van der Waals surface area contributed by atoms with Gasteiger partial charge in [0.1, 0.15) is 0 Å². The zero-order valence-corrected chi connectivity index (χ0v) is 12.0. The first-order chi connectivity index (χ1) is 9.61. The maximum atomic E-state index is 12.0. The molecule has 0 unspecified atom stereocenters. The third-order valence-electron chi connectivity index (χ3n) is 3.24. The quantitative estimate of drug-likeness (QED) is 0.837. The topological polar surface area (TPSA) is 58.6 Å². The maximum absolute atomic E-state index is 12.0. The van der Waals surface area contributed by atoms with Gasteiger partial charge in [-0.15, -0.1) is 0 Å². The van der Waals surface area contributed by atoms with E-state index < -0.39 is 0 Å².